The Morgan fingerprint density at radius 3 is 2.35 bits per heavy atom. The van der Waals surface area contributed by atoms with Crippen LogP contribution in [-0.4, -0.2) is 122 Å². The van der Waals surface area contributed by atoms with Gasteiger partial charge in [0.15, 0.2) is 23.0 Å². The Morgan fingerprint density at radius 2 is 1.65 bits per heavy atom. The van der Waals surface area contributed by atoms with Crippen LogP contribution in [0, 0.1) is 17.6 Å². The van der Waals surface area contributed by atoms with Crippen molar-refractivity contribution in [3.63, 3.8) is 0 Å². The molecule has 18 heteroatoms. The number of likely N-dealkylation sites (tertiary alicyclic amines) is 2. The van der Waals surface area contributed by atoms with Crippen molar-refractivity contribution in [1.29, 1.82) is 0 Å². The van der Waals surface area contributed by atoms with Gasteiger partial charge in [-0.1, -0.05) is 54.9 Å². The van der Waals surface area contributed by atoms with E-state index in [0.717, 1.165) is 94.0 Å². The lowest BCUT2D eigenvalue weighted by Crippen LogP contribution is -2.51. The fourth-order valence-electron chi connectivity index (χ4n) is 12.3. The number of anilines is 1. The standard InChI is InChI=1S/C56H65ClF2N8O7/c1-33-47-45(31-42(58)50(57)49(47)48-41(53(69)60-2)16-17-44(51(48)59)73-29-28-72-4)74-56(33,37-8-6-5-7-9-37)32-61-38-13-10-35(11-14-38)54(70)66-25-20-39(21-26-66)65-23-18-34(19-24-65)36-12-15-40-43(30-36)64(3)63-52(40)67-27-22-46(68)62-55(67)71/h5-9,12,15-17,30-31,33-35,38-39,61H,10-11,13-14,18-29,32H2,1-4H3,(H,60,69)(H,62,68,71). The zero-order valence-electron chi connectivity index (χ0n) is 42.5. The van der Waals surface area contributed by atoms with Crippen LogP contribution in [0.4, 0.5) is 19.4 Å². The van der Waals surface area contributed by atoms with Crippen LogP contribution in [0.3, 0.4) is 0 Å². The highest BCUT2D eigenvalue weighted by Crippen LogP contribution is 2.56. The number of benzene rings is 4. The minimum Gasteiger partial charge on any atom is -0.488 e. The molecule has 4 aromatic carbocycles. The quantitative estimate of drug-likeness (QED) is 0.0923. The van der Waals surface area contributed by atoms with Gasteiger partial charge in [0.25, 0.3) is 5.91 Å². The summed E-state index contributed by atoms with van der Waals surface area (Å²) in [6.45, 7) is 6.36. The monoisotopic (exact) mass is 1030 g/mol. The van der Waals surface area contributed by atoms with Gasteiger partial charge < -0.3 is 34.6 Å². The van der Waals surface area contributed by atoms with E-state index in [0.29, 0.717) is 36.4 Å². The van der Waals surface area contributed by atoms with Gasteiger partial charge in [0.2, 0.25) is 11.8 Å². The Hall–Kier alpha value is -6.14. The third kappa shape index (κ3) is 9.72. The minimum absolute atomic E-state index is 0.0322. The number of carbonyl (C=O) groups is 4. The number of amides is 5. The van der Waals surface area contributed by atoms with E-state index < -0.39 is 35.1 Å². The molecule has 74 heavy (non-hydrogen) atoms. The van der Waals surface area contributed by atoms with E-state index in [-0.39, 0.29) is 76.6 Å². The van der Waals surface area contributed by atoms with E-state index >= 15 is 8.78 Å². The number of nitrogens with one attached hydrogen (secondary N) is 3. The highest BCUT2D eigenvalue weighted by Gasteiger charge is 2.50. The molecule has 3 N–H and O–H groups in total. The molecule has 5 aromatic rings. The summed E-state index contributed by atoms with van der Waals surface area (Å²) in [7, 11) is 4.84. The molecular weight excluding hydrogens is 970 g/mol. The molecule has 5 amide bonds. The van der Waals surface area contributed by atoms with Gasteiger partial charge in [-0.25, -0.2) is 13.6 Å². The van der Waals surface area contributed by atoms with E-state index in [9.17, 15) is 19.2 Å². The maximum Gasteiger partial charge on any atom is 0.329 e. The van der Waals surface area contributed by atoms with Gasteiger partial charge >= 0.3 is 6.03 Å². The van der Waals surface area contributed by atoms with Gasteiger partial charge in [0.1, 0.15) is 18.2 Å². The summed E-state index contributed by atoms with van der Waals surface area (Å²) >= 11 is 6.83. The molecule has 0 bridgehead atoms. The second-order valence-corrected chi connectivity index (χ2v) is 20.9. The number of aryl methyl sites for hydroxylation is 1. The van der Waals surface area contributed by atoms with Crippen molar-refractivity contribution in [3.05, 3.63) is 106 Å². The third-order valence-corrected chi connectivity index (χ3v) is 16.8. The average Bonchev–Trinajstić information content (AvgIpc) is 3.94. The Kier molecular flexibility index (Phi) is 15.0. The molecule has 4 fully saturated rings. The Bertz CT molecular complexity index is 2930. The number of ether oxygens (including phenoxy) is 3. The average molecular weight is 1040 g/mol. The molecule has 1 aliphatic carbocycles. The van der Waals surface area contributed by atoms with Gasteiger partial charge in [0, 0.05) is 106 Å². The number of imide groups is 1. The van der Waals surface area contributed by atoms with Crippen LogP contribution < -0.4 is 30.3 Å². The molecule has 5 heterocycles. The van der Waals surface area contributed by atoms with Gasteiger partial charge in [-0.3, -0.25) is 29.3 Å². The molecule has 1 saturated carbocycles. The summed E-state index contributed by atoms with van der Waals surface area (Å²) in [5.74, 6) is -1.76. The first kappa shape index (κ1) is 51.4. The first-order chi connectivity index (χ1) is 35.8. The molecule has 15 nitrogen and oxygen atoms in total. The maximum atomic E-state index is 16.8. The topological polar surface area (TPSA) is 160 Å². The Balaban J connectivity index is 0.755. The van der Waals surface area contributed by atoms with Crippen LogP contribution in [0.2, 0.25) is 5.02 Å². The van der Waals surface area contributed by atoms with Crippen molar-refractivity contribution < 1.29 is 42.2 Å². The van der Waals surface area contributed by atoms with Crippen LogP contribution in [0.5, 0.6) is 11.5 Å². The molecular formula is C56H65ClF2N8O7. The number of nitrogens with zero attached hydrogens (tertiary/aromatic N) is 5. The largest absolute Gasteiger partial charge is 0.488 e. The summed E-state index contributed by atoms with van der Waals surface area (Å²) in [5.41, 5.74) is 2.30. The number of halogens is 3. The van der Waals surface area contributed by atoms with Crippen LogP contribution in [0.15, 0.2) is 66.7 Å². The van der Waals surface area contributed by atoms with E-state index in [2.05, 4.69) is 49.0 Å². The summed E-state index contributed by atoms with van der Waals surface area (Å²) in [6.07, 6.45) is 7.35. The van der Waals surface area contributed by atoms with E-state index in [1.165, 1.54) is 37.9 Å². The molecule has 1 aromatic heterocycles. The number of fused-ring (bicyclic) bond motifs is 2. The minimum atomic E-state index is -1.07. The molecule has 2 atom stereocenters. The van der Waals surface area contributed by atoms with Gasteiger partial charge in [0.05, 0.1) is 22.7 Å². The summed E-state index contributed by atoms with van der Waals surface area (Å²) < 4.78 is 52.4. The van der Waals surface area contributed by atoms with Crippen LogP contribution in [-0.2, 0) is 27.0 Å². The first-order valence-electron chi connectivity index (χ1n) is 26.1. The predicted molar refractivity (Wildman–Crippen MR) is 278 cm³/mol. The van der Waals surface area contributed by atoms with Crippen molar-refractivity contribution in [2.24, 2.45) is 13.0 Å². The Morgan fingerprint density at radius 1 is 0.905 bits per heavy atom. The number of urea groups is 1. The smallest absolute Gasteiger partial charge is 0.329 e. The lowest BCUT2D eigenvalue weighted by molar-refractivity contribution is -0.138. The van der Waals surface area contributed by atoms with Gasteiger partial charge in [-0.15, -0.1) is 0 Å². The number of carbonyl (C=O) groups excluding carboxylic acids is 4. The second-order valence-electron chi connectivity index (χ2n) is 20.5. The van der Waals surface area contributed by atoms with Crippen molar-refractivity contribution >= 4 is 52.1 Å². The van der Waals surface area contributed by atoms with Crippen molar-refractivity contribution in [3.8, 4) is 22.6 Å². The number of hydrogen-bond acceptors (Lipinski definition) is 10. The van der Waals surface area contributed by atoms with E-state index in [1.54, 1.807) is 4.90 Å². The SMILES string of the molecule is CNC(=O)c1ccc(OCCOC)c(F)c1-c1c(Cl)c(F)cc2c1C(C)C(CNC1CCC(C(=O)N3CCC(N4CCC(c5ccc6c(N7CCC(=O)NC7=O)nn(C)c6c5)CC4)CC3)CC1)(c1ccccc1)O2. The van der Waals surface area contributed by atoms with Crippen molar-refractivity contribution in [2.45, 2.75) is 94.2 Å². The molecule has 2 unspecified atom stereocenters. The van der Waals surface area contributed by atoms with Crippen LogP contribution >= 0.6 is 11.6 Å². The zero-order chi connectivity index (χ0) is 51.8. The van der Waals surface area contributed by atoms with Gasteiger partial charge in [-0.2, -0.15) is 5.10 Å². The van der Waals surface area contributed by atoms with Crippen molar-refractivity contribution in [1.82, 2.24) is 35.5 Å². The highest BCUT2D eigenvalue weighted by molar-refractivity contribution is 6.34. The number of hydrogen-bond donors (Lipinski definition) is 3. The van der Waals surface area contributed by atoms with Crippen LogP contribution in [0.1, 0.15) is 104 Å². The molecule has 5 aliphatic rings. The maximum absolute atomic E-state index is 16.8. The molecule has 3 saturated heterocycles. The summed E-state index contributed by atoms with van der Waals surface area (Å²) in [4.78, 5) is 58.0. The lowest BCUT2D eigenvalue weighted by Gasteiger charge is -2.43. The number of methoxy groups -OCH3 is 1. The van der Waals surface area contributed by atoms with Gasteiger partial charge in [-0.05, 0) is 106 Å². The second kappa shape index (κ2) is 21.6. The van der Waals surface area contributed by atoms with Crippen molar-refractivity contribution in [2.75, 3.05) is 71.5 Å². The molecule has 0 spiro atoms. The van der Waals surface area contributed by atoms with Crippen LogP contribution in [0.25, 0.3) is 22.0 Å². The number of aromatic nitrogens is 2. The Labute approximate surface area is 435 Å². The zero-order valence-corrected chi connectivity index (χ0v) is 43.2. The molecule has 4 aliphatic heterocycles. The normalized spacial score (nSPS) is 22.9. The fourth-order valence-corrected chi connectivity index (χ4v) is 12.6. The summed E-state index contributed by atoms with van der Waals surface area (Å²) in [6, 6.07) is 20.3. The fraction of sp³-hybridized carbons (Fsp3) is 0.482. The lowest BCUT2D eigenvalue weighted by atomic mass is 9.77. The van der Waals surface area contributed by atoms with E-state index in [1.807, 2.05) is 49.0 Å². The number of piperidine rings is 2. The predicted octanol–water partition coefficient (Wildman–Crippen LogP) is 8.41. The molecule has 10 rings (SSSR count). The molecule has 0 radical (unpaired) electrons. The number of rotatable bonds is 14. The third-order valence-electron chi connectivity index (χ3n) is 16.5. The van der Waals surface area contributed by atoms with E-state index in [4.69, 9.17) is 25.8 Å². The first-order valence-corrected chi connectivity index (χ1v) is 26.4. The molecule has 392 valence electrons. The highest BCUT2D eigenvalue weighted by atomic mass is 35.5. The summed E-state index contributed by atoms with van der Waals surface area (Å²) in [5, 5.41) is 14.0.